The SMILES string of the molecule is O=C(O)[C@H](O)[C@H](CCOCc1ccccc1)C(=O)N1CCN(c2ccc(-c3ccccc3)cc2)CC1. The largest absolute Gasteiger partial charge is 0.479 e. The van der Waals surface area contributed by atoms with Crippen LogP contribution in [0.3, 0.4) is 0 Å². The van der Waals surface area contributed by atoms with E-state index in [9.17, 15) is 19.8 Å². The lowest BCUT2D eigenvalue weighted by molar-refractivity contribution is -0.157. The van der Waals surface area contributed by atoms with E-state index in [1.807, 2.05) is 48.5 Å². The number of carbonyl (C=O) groups excluding carboxylic acids is 1. The number of anilines is 1. The van der Waals surface area contributed by atoms with E-state index in [2.05, 4.69) is 41.3 Å². The summed E-state index contributed by atoms with van der Waals surface area (Å²) >= 11 is 0. The summed E-state index contributed by atoms with van der Waals surface area (Å²) in [5.41, 5.74) is 4.38. The minimum Gasteiger partial charge on any atom is -0.479 e. The van der Waals surface area contributed by atoms with Crippen molar-refractivity contribution in [1.82, 2.24) is 4.90 Å². The molecule has 0 aliphatic carbocycles. The van der Waals surface area contributed by atoms with E-state index < -0.39 is 18.0 Å². The van der Waals surface area contributed by atoms with Gasteiger partial charge in [-0.1, -0.05) is 72.8 Å². The van der Waals surface area contributed by atoms with Crippen molar-refractivity contribution in [2.45, 2.75) is 19.1 Å². The van der Waals surface area contributed by atoms with Crippen LogP contribution in [0.15, 0.2) is 84.9 Å². The molecule has 0 aromatic heterocycles. The predicted molar refractivity (Wildman–Crippen MR) is 139 cm³/mol. The number of nitrogens with zero attached hydrogens (tertiary/aromatic N) is 2. The standard InChI is InChI=1S/C29H32N2O5/c32-27(29(34)35)26(15-20-36-21-22-7-3-1-4-8-22)28(33)31-18-16-30(17-19-31)25-13-11-24(12-14-25)23-9-5-2-6-10-23/h1-14,26-27,32H,15-21H2,(H,34,35)/t26-,27+/m0/s1. The van der Waals surface area contributed by atoms with Gasteiger partial charge in [0.2, 0.25) is 5.91 Å². The van der Waals surface area contributed by atoms with Crippen LogP contribution in [-0.4, -0.2) is 65.9 Å². The molecule has 1 amide bonds. The topological polar surface area (TPSA) is 90.3 Å². The number of aliphatic carboxylic acids is 1. The number of rotatable bonds is 10. The second-order valence-corrected chi connectivity index (χ2v) is 8.94. The van der Waals surface area contributed by atoms with Gasteiger partial charge in [-0.3, -0.25) is 4.79 Å². The van der Waals surface area contributed by atoms with Crippen LogP contribution in [-0.2, 0) is 20.9 Å². The van der Waals surface area contributed by atoms with Crippen LogP contribution in [0.25, 0.3) is 11.1 Å². The number of ether oxygens (including phenoxy) is 1. The quantitative estimate of drug-likeness (QED) is 0.423. The fourth-order valence-electron chi connectivity index (χ4n) is 4.48. The molecule has 4 rings (SSSR count). The molecule has 2 atom stereocenters. The lowest BCUT2D eigenvalue weighted by atomic mass is 9.96. The molecule has 1 heterocycles. The van der Waals surface area contributed by atoms with E-state index in [0.29, 0.717) is 32.8 Å². The Hall–Kier alpha value is -3.68. The van der Waals surface area contributed by atoms with Crippen molar-refractivity contribution in [3.63, 3.8) is 0 Å². The monoisotopic (exact) mass is 488 g/mol. The Morgan fingerprint density at radius 3 is 2.00 bits per heavy atom. The zero-order valence-electron chi connectivity index (χ0n) is 20.2. The molecule has 3 aromatic rings. The van der Waals surface area contributed by atoms with Crippen molar-refractivity contribution < 1.29 is 24.5 Å². The van der Waals surface area contributed by atoms with Crippen LogP contribution in [0, 0.1) is 5.92 Å². The van der Waals surface area contributed by atoms with Gasteiger partial charge in [-0.15, -0.1) is 0 Å². The van der Waals surface area contributed by atoms with Crippen LogP contribution in [0.2, 0.25) is 0 Å². The lowest BCUT2D eigenvalue weighted by Crippen LogP contribution is -2.52. The molecule has 1 aliphatic heterocycles. The Balaban J connectivity index is 1.31. The number of hydrogen-bond acceptors (Lipinski definition) is 5. The van der Waals surface area contributed by atoms with E-state index in [1.165, 1.54) is 0 Å². The van der Waals surface area contributed by atoms with Gasteiger partial charge in [0.15, 0.2) is 6.10 Å². The van der Waals surface area contributed by atoms with Gasteiger partial charge in [0, 0.05) is 38.5 Å². The maximum absolute atomic E-state index is 13.2. The molecule has 0 saturated carbocycles. The number of aliphatic hydroxyl groups is 1. The zero-order chi connectivity index (χ0) is 25.3. The highest BCUT2D eigenvalue weighted by atomic mass is 16.5. The summed E-state index contributed by atoms with van der Waals surface area (Å²) in [6.45, 7) is 2.75. The highest BCUT2D eigenvalue weighted by Crippen LogP contribution is 2.24. The number of carbonyl (C=O) groups is 2. The summed E-state index contributed by atoms with van der Waals surface area (Å²) in [5, 5.41) is 19.6. The first-order valence-corrected chi connectivity index (χ1v) is 12.2. The van der Waals surface area contributed by atoms with Crippen LogP contribution >= 0.6 is 0 Å². The van der Waals surface area contributed by atoms with E-state index in [-0.39, 0.29) is 18.9 Å². The van der Waals surface area contributed by atoms with Gasteiger partial charge in [-0.25, -0.2) is 4.79 Å². The first kappa shape index (κ1) is 25.4. The number of amides is 1. The zero-order valence-corrected chi connectivity index (χ0v) is 20.2. The summed E-state index contributed by atoms with van der Waals surface area (Å²) in [5.74, 6) is -2.78. The highest BCUT2D eigenvalue weighted by molar-refractivity contribution is 5.86. The van der Waals surface area contributed by atoms with Crippen molar-refractivity contribution in [2.24, 2.45) is 5.92 Å². The van der Waals surface area contributed by atoms with Gasteiger partial charge in [0.25, 0.3) is 0 Å². The van der Waals surface area contributed by atoms with Crippen LogP contribution in [0.4, 0.5) is 5.69 Å². The molecule has 1 saturated heterocycles. The Bertz CT molecular complexity index is 1110. The Morgan fingerprint density at radius 1 is 0.806 bits per heavy atom. The maximum Gasteiger partial charge on any atom is 0.333 e. The molecule has 1 fully saturated rings. The summed E-state index contributed by atoms with van der Waals surface area (Å²) in [4.78, 5) is 28.5. The molecule has 0 radical (unpaired) electrons. The fourth-order valence-corrected chi connectivity index (χ4v) is 4.48. The van der Waals surface area contributed by atoms with Crippen molar-refractivity contribution in [1.29, 1.82) is 0 Å². The number of carboxylic acid groups (broad SMARTS) is 1. The molecule has 0 spiro atoms. The number of piperazine rings is 1. The maximum atomic E-state index is 13.2. The molecule has 7 heteroatoms. The third kappa shape index (κ3) is 6.50. The van der Waals surface area contributed by atoms with Crippen LogP contribution < -0.4 is 4.90 Å². The summed E-state index contributed by atoms with van der Waals surface area (Å²) in [6.07, 6.45) is -1.62. The number of carboxylic acids is 1. The third-order valence-corrected chi connectivity index (χ3v) is 6.57. The molecular weight excluding hydrogens is 456 g/mol. The number of benzene rings is 3. The van der Waals surface area contributed by atoms with Gasteiger partial charge in [-0.05, 0) is 35.2 Å². The molecular formula is C29H32N2O5. The molecule has 1 aliphatic rings. The second-order valence-electron chi connectivity index (χ2n) is 8.94. The van der Waals surface area contributed by atoms with E-state index in [4.69, 9.17) is 4.74 Å². The molecule has 188 valence electrons. The third-order valence-electron chi connectivity index (χ3n) is 6.57. The molecule has 0 bridgehead atoms. The number of aliphatic hydroxyl groups excluding tert-OH is 1. The number of hydrogen-bond donors (Lipinski definition) is 2. The van der Waals surface area contributed by atoms with Crippen molar-refractivity contribution in [3.05, 3.63) is 90.5 Å². The smallest absolute Gasteiger partial charge is 0.333 e. The van der Waals surface area contributed by atoms with E-state index in [1.54, 1.807) is 4.90 Å². The molecule has 0 unspecified atom stereocenters. The second kappa shape index (κ2) is 12.3. The first-order chi connectivity index (χ1) is 17.5. The van der Waals surface area contributed by atoms with Gasteiger partial charge >= 0.3 is 5.97 Å². The van der Waals surface area contributed by atoms with E-state index >= 15 is 0 Å². The molecule has 2 N–H and O–H groups in total. The average molecular weight is 489 g/mol. The van der Waals surface area contributed by atoms with Gasteiger partial charge < -0.3 is 24.7 Å². The summed E-state index contributed by atoms with van der Waals surface area (Å²) < 4.78 is 5.65. The highest BCUT2D eigenvalue weighted by Gasteiger charge is 2.35. The summed E-state index contributed by atoms with van der Waals surface area (Å²) in [6, 6.07) is 28.2. The lowest BCUT2D eigenvalue weighted by Gasteiger charge is -2.38. The molecule has 3 aromatic carbocycles. The predicted octanol–water partition coefficient (Wildman–Crippen LogP) is 3.67. The normalized spacial score (nSPS) is 15.4. The summed E-state index contributed by atoms with van der Waals surface area (Å²) in [7, 11) is 0. The minimum atomic E-state index is -1.76. The Labute approximate surface area is 211 Å². The van der Waals surface area contributed by atoms with Crippen molar-refractivity contribution >= 4 is 17.6 Å². The van der Waals surface area contributed by atoms with Gasteiger partial charge in [-0.2, -0.15) is 0 Å². The minimum absolute atomic E-state index is 0.139. The average Bonchev–Trinajstić information content (AvgIpc) is 2.93. The fraction of sp³-hybridized carbons (Fsp3) is 0.310. The van der Waals surface area contributed by atoms with Crippen LogP contribution in [0.5, 0.6) is 0 Å². The van der Waals surface area contributed by atoms with Crippen molar-refractivity contribution in [3.8, 4) is 11.1 Å². The van der Waals surface area contributed by atoms with Crippen LogP contribution in [0.1, 0.15) is 12.0 Å². The molecule has 36 heavy (non-hydrogen) atoms. The Morgan fingerprint density at radius 2 is 1.39 bits per heavy atom. The van der Waals surface area contributed by atoms with E-state index in [0.717, 1.165) is 22.4 Å². The van der Waals surface area contributed by atoms with Gasteiger partial charge in [0.05, 0.1) is 12.5 Å². The van der Waals surface area contributed by atoms with Gasteiger partial charge in [0.1, 0.15) is 0 Å². The molecule has 7 nitrogen and oxygen atoms in total. The van der Waals surface area contributed by atoms with Crippen molar-refractivity contribution in [2.75, 3.05) is 37.7 Å². The Kier molecular flexibility index (Phi) is 8.71. The first-order valence-electron chi connectivity index (χ1n) is 12.2.